The van der Waals surface area contributed by atoms with Crippen molar-refractivity contribution < 1.29 is 4.79 Å². The van der Waals surface area contributed by atoms with Crippen LogP contribution in [0.1, 0.15) is 5.56 Å². The number of hydrogen-bond acceptors (Lipinski definition) is 1. The summed E-state index contributed by atoms with van der Waals surface area (Å²) in [4.78, 5) is 11.9. The summed E-state index contributed by atoms with van der Waals surface area (Å²) in [6.07, 6.45) is 0.379. The second kappa shape index (κ2) is 6.33. The quantitative estimate of drug-likeness (QED) is 0.746. The van der Waals surface area contributed by atoms with Crippen molar-refractivity contribution in [3.63, 3.8) is 0 Å². The molecule has 2 rings (SSSR count). The van der Waals surface area contributed by atoms with Gasteiger partial charge in [-0.25, -0.2) is 0 Å². The van der Waals surface area contributed by atoms with E-state index in [0.717, 1.165) is 19.3 Å². The van der Waals surface area contributed by atoms with Crippen LogP contribution in [0.15, 0.2) is 53.0 Å². The van der Waals surface area contributed by atoms with Crippen LogP contribution in [0, 0.1) is 3.57 Å². The molecule has 0 saturated heterocycles. The Bertz CT molecular complexity index is 571. The van der Waals surface area contributed by atoms with Gasteiger partial charge in [0.05, 0.1) is 12.1 Å². The molecule has 0 radical (unpaired) electrons. The molecule has 1 N–H and O–H groups in total. The average Bonchev–Trinajstić information content (AvgIpc) is 2.32. The minimum Gasteiger partial charge on any atom is -0.325 e. The molecular weight excluding hydrogens is 405 g/mol. The van der Waals surface area contributed by atoms with Gasteiger partial charge >= 0.3 is 0 Å². The summed E-state index contributed by atoms with van der Waals surface area (Å²) in [6, 6.07) is 15.5. The number of nitrogens with one attached hydrogen (secondary N) is 1. The van der Waals surface area contributed by atoms with Crippen molar-refractivity contribution >= 4 is 50.1 Å². The molecular formula is C14H11BrINO. The summed E-state index contributed by atoms with van der Waals surface area (Å²) in [5.74, 6) is -0.00258. The van der Waals surface area contributed by atoms with E-state index in [2.05, 4.69) is 43.8 Å². The monoisotopic (exact) mass is 415 g/mol. The summed E-state index contributed by atoms with van der Waals surface area (Å²) >= 11 is 5.61. The molecule has 2 aromatic rings. The average molecular weight is 416 g/mol. The molecule has 2 aromatic carbocycles. The van der Waals surface area contributed by atoms with Crippen LogP contribution >= 0.6 is 38.5 Å². The van der Waals surface area contributed by atoms with Crippen molar-refractivity contribution in [3.8, 4) is 0 Å². The predicted octanol–water partition coefficient (Wildman–Crippen LogP) is 4.23. The smallest absolute Gasteiger partial charge is 0.228 e. The Labute approximate surface area is 128 Å². The third-order valence-electron chi connectivity index (χ3n) is 2.40. The van der Waals surface area contributed by atoms with Gasteiger partial charge in [-0.2, -0.15) is 0 Å². The van der Waals surface area contributed by atoms with Gasteiger partial charge in [-0.1, -0.05) is 40.2 Å². The Kier molecular flexibility index (Phi) is 4.77. The number of benzene rings is 2. The first-order valence-electron chi connectivity index (χ1n) is 5.44. The van der Waals surface area contributed by atoms with Crippen molar-refractivity contribution in [3.05, 3.63) is 62.1 Å². The van der Waals surface area contributed by atoms with Gasteiger partial charge in [0.2, 0.25) is 5.91 Å². The Balaban J connectivity index is 2.03. The maximum absolute atomic E-state index is 11.9. The highest BCUT2D eigenvalue weighted by Crippen LogP contribution is 2.18. The van der Waals surface area contributed by atoms with Gasteiger partial charge < -0.3 is 5.32 Å². The Morgan fingerprint density at radius 1 is 1.17 bits per heavy atom. The van der Waals surface area contributed by atoms with Crippen molar-refractivity contribution in [1.29, 1.82) is 0 Å². The standard InChI is InChI=1S/C14H11BrINO/c15-11-5-3-4-10(8-11)9-14(18)17-13-7-2-1-6-12(13)16/h1-8H,9H2,(H,17,18). The lowest BCUT2D eigenvalue weighted by Gasteiger charge is -2.07. The van der Waals surface area contributed by atoms with Gasteiger partial charge in [-0.15, -0.1) is 0 Å². The molecule has 2 nitrogen and oxygen atoms in total. The highest BCUT2D eigenvalue weighted by Gasteiger charge is 2.06. The number of hydrogen-bond donors (Lipinski definition) is 1. The normalized spacial score (nSPS) is 10.1. The predicted molar refractivity (Wildman–Crippen MR) is 85.6 cm³/mol. The van der Waals surface area contributed by atoms with Crippen LogP contribution in [0.4, 0.5) is 5.69 Å². The zero-order valence-corrected chi connectivity index (χ0v) is 13.2. The second-order valence-electron chi connectivity index (χ2n) is 3.83. The molecule has 4 heteroatoms. The van der Waals surface area contributed by atoms with Crippen LogP contribution in [0.2, 0.25) is 0 Å². The van der Waals surface area contributed by atoms with E-state index in [0.29, 0.717) is 6.42 Å². The first-order valence-corrected chi connectivity index (χ1v) is 7.31. The molecule has 0 aromatic heterocycles. The lowest BCUT2D eigenvalue weighted by atomic mass is 10.1. The summed E-state index contributed by atoms with van der Waals surface area (Å²) in [7, 11) is 0. The fourth-order valence-corrected chi connectivity index (χ4v) is 2.56. The molecule has 0 aliphatic heterocycles. The maximum Gasteiger partial charge on any atom is 0.228 e. The summed E-state index contributed by atoms with van der Waals surface area (Å²) in [6.45, 7) is 0. The molecule has 0 heterocycles. The number of para-hydroxylation sites is 1. The highest BCUT2D eigenvalue weighted by atomic mass is 127. The van der Waals surface area contributed by atoms with E-state index in [-0.39, 0.29) is 5.91 Å². The Morgan fingerprint density at radius 3 is 2.67 bits per heavy atom. The fraction of sp³-hybridized carbons (Fsp3) is 0.0714. The van der Waals surface area contributed by atoms with Gasteiger partial charge in [-0.05, 0) is 52.4 Å². The lowest BCUT2D eigenvalue weighted by molar-refractivity contribution is -0.115. The summed E-state index contributed by atoms with van der Waals surface area (Å²) < 4.78 is 2.03. The van der Waals surface area contributed by atoms with Gasteiger partial charge in [0.15, 0.2) is 0 Å². The molecule has 18 heavy (non-hydrogen) atoms. The van der Waals surface area contributed by atoms with E-state index in [1.54, 1.807) is 0 Å². The van der Waals surface area contributed by atoms with Crippen molar-refractivity contribution in [2.24, 2.45) is 0 Å². The highest BCUT2D eigenvalue weighted by molar-refractivity contribution is 14.1. The van der Waals surface area contributed by atoms with Crippen LogP contribution in [0.5, 0.6) is 0 Å². The second-order valence-corrected chi connectivity index (χ2v) is 5.91. The van der Waals surface area contributed by atoms with Crippen molar-refractivity contribution in [1.82, 2.24) is 0 Å². The Morgan fingerprint density at radius 2 is 1.94 bits per heavy atom. The van der Waals surface area contributed by atoms with Gasteiger partial charge in [0, 0.05) is 8.04 Å². The van der Waals surface area contributed by atoms with E-state index in [4.69, 9.17) is 0 Å². The molecule has 0 aliphatic rings. The van der Waals surface area contributed by atoms with E-state index in [1.165, 1.54) is 0 Å². The SMILES string of the molecule is O=C(Cc1cccc(Br)c1)Nc1ccccc1I. The zero-order valence-electron chi connectivity index (χ0n) is 9.49. The first-order chi connectivity index (χ1) is 8.65. The fourth-order valence-electron chi connectivity index (χ4n) is 1.59. The van der Waals surface area contributed by atoms with Crippen molar-refractivity contribution in [2.45, 2.75) is 6.42 Å². The molecule has 92 valence electrons. The number of rotatable bonds is 3. The van der Waals surface area contributed by atoms with Gasteiger partial charge in [0.25, 0.3) is 0 Å². The number of carbonyl (C=O) groups excluding carboxylic acids is 1. The molecule has 0 spiro atoms. The van der Waals surface area contributed by atoms with Crippen molar-refractivity contribution in [2.75, 3.05) is 5.32 Å². The van der Waals surface area contributed by atoms with E-state index >= 15 is 0 Å². The minimum absolute atomic E-state index is 0.00258. The van der Waals surface area contributed by atoms with Crippen LogP contribution in [-0.4, -0.2) is 5.91 Å². The number of amides is 1. The maximum atomic E-state index is 11.9. The van der Waals surface area contributed by atoms with Gasteiger partial charge in [0.1, 0.15) is 0 Å². The zero-order chi connectivity index (χ0) is 13.0. The van der Waals surface area contributed by atoms with Crippen LogP contribution in [-0.2, 0) is 11.2 Å². The van der Waals surface area contributed by atoms with E-state index in [1.807, 2.05) is 48.5 Å². The van der Waals surface area contributed by atoms with Crippen LogP contribution in [0.3, 0.4) is 0 Å². The van der Waals surface area contributed by atoms with Crippen LogP contribution in [0.25, 0.3) is 0 Å². The third-order valence-corrected chi connectivity index (χ3v) is 3.84. The minimum atomic E-state index is -0.00258. The number of halogens is 2. The van der Waals surface area contributed by atoms with Gasteiger partial charge in [-0.3, -0.25) is 4.79 Å². The largest absolute Gasteiger partial charge is 0.325 e. The lowest BCUT2D eigenvalue weighted by Crippen LogP contribution is -2.15. The summed E-state index contributed by atoms with van der Waals surface area (Å²) in [5, 5.41) is 2.92. The number of anilines is 1. The molecule has 0 bridgehead atoms. The molecule has 0 saturated carbocycles. The third kappa shape index (κ3) is 3.81. The molecule has 1 amide bonds. The molecule has 0 unspecified atom stereocenters. The first kappa shape index (κ1) is 13.5. The Hall–Kier alpha value is -0.880. The van der Waals surface area contributed by atoms with E-state index < -0.39 is 0 Å². The molecule has 0 aliphatic carbocycles. The van der Waals surface area contributed by atoms with E-state index in [9.17, 15) is 4.79 Å². The molecule has 0 fully saturated rings. The van der Waals surface area contributed by atoms with Crippen LogP contribution < -0.4 is 5.32 Å². The topological polar surface area (TPSA) is 29.1 Å². The molecule has 0 atom stereocenters. The number of carbonyl (C=O) groups is 1. The summed E-state index contributed by atoms with van der Waals surface area (Å²) in [5.41, 5.74) is 1.85.